The van der Waals surface area contributed by atoms with Crippen LogP contribution in [0.25, 0.3) is 0 Å². The maximum absolute atomic E-state index is 9.53. The molecule has 1 aromatic carbocycles. The second-order valence-corrected chi connectivity index (χ2v) is 4.95. The van der Waals surface area contributed by atoms with E-state index in [0.29, 0.717) is 6.54 Å². The zero-order chi connectivity index (χ0) is 12.3. The predicted molar refractivity (Wildman–Crippen MR) is 69.3 cm³/mol. The fraction of sp³-hybridized carbons (Fsp3) is 0.250. The van der Waals surface area contributed by atoms with Crippen LogP contribution in [0.5, 0.6) is 0 Å². The summed E-state index contributed by atoms with van der Waals surface area (Å²) < 4.78 is 2.61. The smallest absolute Gasteiger partial charge is 0.0842 e. The summed E-state index contributed by atoms with van der Waals surface area (Å²) in [5.74, 6) is 0. The number of nitrogens with two attached hydrogens (primary N) is 1. The fourth-order valence-corrected chi connectivity index (χ4v) is 2.04. The molecule has 0 aliphatic carbocycles. The van der Waals surface area contributed by atoms with Gasteiger partial charge in [-0.25, -0.2) is 0 Å². The molecule has 0 fully saturated rings. The van der Waals surface area contributed by atoms with Gasteiger partial charge in [-0.1, -0.05) is 30.3 Å². The molecule has 5 heteroatoms. The molecule has 4 nitrogen and oxygen atoms in total. The largest absolute Gasteiger partial charge is 0.394 e. The summed E-state index contributed by atoms with van der Waals surface area (Å²) in [5.41, 5.74) is 6.32. The highest BCUT2D eigenvalue weighted by molar-refractivity contribution is 9.10. The summed E-state index contributed by atoms with van der Waals surface area (Å²) in [6, 6.07) is 9.56. The van der Waals surface area contributed by atoms with Gasteiger partial charge in [-0.15, -0.1) is 0 Å². The van der Waals surface area contributed by atoms with E-state index >= 15 is 0 Å². The summed E-state index contributed by atoms with van der Waals surface area (Å²) in [6.45, 7) is 0.299. The van der Waals surface area contributed by atoms with Gasteiger partial charge in [0.1, 0.15) is 0 Å². The van der Waals surface area contributed by atoms with Gasteiger partial charge in [0, 0.05) is 6.20 Å². The molecule has 0 saturated carbocycles. The lowest BCUT2D eigenvalue weighted by atomic mass is 9.92. The lowest BCUT2D eigenvalue weighted by Gasteiger charge is -2.27. The maximum Gasteiger partial charge on any atom is 0.0842 e. The van der Waals surface area contributed by atoms with Crippen LogP contribution in [-0.2, 0) is 12.1 Å². The number of nitrogens with zero attached hydrogens (tertiary/aromatic N) is 2. The number of hydrogen-bond donors (Lipinski definition) is 2. The van der Waals surface area contributed by atoms with Crippen molar-refractivity contribution in [3.8, 4) is 0 Å². The Balaban J connectivity index is 2.26. The van der Waals surface area contributed by atoms with Gasteiger partial charge in [-0.3, -0.25) is 4.68 Å². The SMILES string of the molecule is NC(CO)(Cn1cc(Br)cn1)c1ccccc1. The van der Waals surface area contributed by atoms with E-state index in [9.17, 15) is 5.11 Å². The summed E-state index contributed by atoms with van der Waals surface area (Å²) >= 11 is 3.33. The quantitative estimate of drug-likeness (QED) is 0.898. The minimum Gasteiger partial charge on any atom is -0.394 e. The molecule has 1 aromatic heterocycles. The van der Waals surface area contributed by atoms with Gasteiger partial charge in [0.2, 0.25) is 0 Å². The van der Waals surface area contributed by atoms with Crippen molar-refractivity contribution in [3.05, 3.63) is 52.8 Å². The van der Waals surface area contributed by atoms with Gasteiger partial charge in [0.25, 0.3) is 0 Å². The molecule has 3 N–H and O–H groups in total. The molecular formula is C12H14BrN3O. The number of aliphatic hydroxyl groups excluding tert-OH is 1. The molecule has 1 atom stereocenters. The highest BCUT2D eigenvalue weighted by Crippen LogP contribution is 2.20. The van der Waals surface area contributed by atoms with Gasteiger partial charge in [-0.2, -0.15) is 5.10 Å². The first-order chi connectivity index (χ1) is 8.14. The maximum atomic E-state index is 9.53. The van der Waals surface area contributed by atoms with E-state index in [1.165, 1.54) is 0 Å². The molecule has 0 aliphatic rings. The van der Waals surface area contributed by atoms with Crippen LogP contribution in [0.3, 0.4) is 0 Å². The van der Waals surface area contributed by atoms with Crippen LogP contribution in [0.15, 0.2) is 47.2 Å². The summed E-state index contributed by atoms with van der Waals surface area (Å²) in [5, 5.41) is 13.7. The van der Waals surface area contributed by atoms with E-state index in [2.05, 4.69) is 21.0 Å². The van der Waals surface area contributed by atoms with E-state index < -0.39 is 5.54 Å². The Morgan fingerprint density at radius 2 is 2.06 bits per heavy atom. The van der Waals surface area contributed by atoms with Crippen LogP contribution in [0.4, 0.5) is 0 Å². The van der Waals surface area contributed by atoms with E-state index in [1.54, 1.807) is 10.9 Å². The summed E-state index contributed by atoms with van der Waals surface area (Å²) in [7, 11) is 0. The summed E-state index contributed by atoms with van der Waals surface area (Å²) in [4.78, 5) is 0. The van der Waals surface area contributed by atoms with Gasteiger partial charge >= 0.3 is 0 Å². The number of aliphatic hydroxyl groups is 1. The molecule has 1 heterocycles. The first-order valence-corrected chi connectivity index (χ1v) is 6.06. The zero-order valence-electron chi connectivity index (χ0n) is 9.25. The Labute approximate surface area is 108 Å². The van der Waals surface area contributed by atoms with Crippen molar-refractivity contribution >= 4 is 15.9 Å². The summed E-state index contributed by atoms with van der Waals surface area (Å²) in [6.07, 6.45) is 3.53. The predicted octanol–water partition coefficient (Wildman–Crippen LogP) is 1.49. The minimum atomic E-state index is -0.813. The average Bonchev–Trinajstić information content (AvgIpc) is 2.75. The second-order valence-electron chi connectivity index (χ2n) is 4.04. The number of hydrogen-bond acceptors (Lipinski definition) is 3. The fourth-order valence-electron chi connectivity index (χ4n) is 1.72. The molecule has 0 saturated heterocycles. The first-order valence-electron chi connectivity index (χ1n) is 5.27. The van der Waals surface area contributed by atoms with Gasteiger partial charge in [0.15, 0.2) is 0 Å². The van der Waals surface area contributed by atoms with E-state index in [0.717, 1.165) is 10.0 Å². The molecule has 0 spiro atoms. The number of halogens is 1. The Morgan fingerprint density at radius 3 is 2.59 bits per heavy atom. The Bertz CT molecular complexity index is 486. The van der Waals surface area contributed by atoms with Crippen molar-refractivity contribution in [1.82, 2.24) is 9.78 Å². The lowest BCUT2D eigenvalue weighted by molar-refractivity contribution is 0.174. The first kappa shape index (κ1) is 12.3. The standard InChI is InChI=1S/C12H14BrN3O/c13-11-6-15-16(7-11)8-12(14,9-17)10-4-2-1-3-5-10/h1-7,17H,8-9,14H2. The highest BCUT2D eigenvalue weighted by atomic mass is 79.9. The third-order valence-electron chi connectivity index (χ3n) is 2.68. The van der Waals surface area contributed by atoms with Crippen LogP contribution < -0.4 is 5.73 Å². The monoisotopic (exact) mass is 295 g/mol. The van der Waals surface area contributed by atoms with Crippen molar-refractivity contribution in [3.63, 3.8) is 0 Å². The second kappa shape index (κ2) is 5.00. The third kappa shape index (κ3) is 2.74. The van der Waals surface area contributed by atoms with Crippen molar-refractivity contribution in [1.29, 1.82) is 0 Å². The van der Waals surface area contributed by atoms with Crippen LogP contribution >= 0.6 is 15.9 Å². The molecule has 0 amide bonds. The highest BCUT2D eigenvalue weighted by Gasteiger charge is 2.27. The molecule has 0 radical (unpaired) electrons. The van der Waals surface area contributed by atoms with Crippen LogP contribution in [0, 0.1) is 0 Å². The van der Waals surface area contributed by atoms with Gasteiger partial charge in [0.05, 0.1) is 29.4 Å². The van der Waals surface area contributed by atoms with Gasteiger partial charge < -0.3 is 10.8 Å². The lowest BCUT2D eigenvalue weighted by Crippen LogP contribution is -2.44. The van der Waals surface area contributed by atoms with Crippen molar-refractivity contribution in [2.75, 3.05) is 6.61 Å². The molecule has 1 unspecified atom stereocenters. The molecule has 0 bridgehead atoms. The molecule has 0 aliphatic heterocycles. The molecule has 90 valence electrons. The normalized spacial score (nSPS) is 14.5. The Kier molecular flexibility index (Phi) is 3.61. The van der Waals surface area contributed by atoms with Gasteiger partial charge in [-0.05, 0) is 21.5 Å². The Hall–Kier alpha value is -1.17. The number of aromatic nitrogens is 2. The van der Waals surface area contributed by atoms with Crippen molar-refractivity contribution in [2.45, 2.75) is 12.1 Å². The van der Waals surface area contributed by atoms with E-state index in [-0.39, 0.29) is 6.61 Å². The van der Waals surface area contributed by atoms with Crippen LogP contribution in [0.1, 0.15) is 5.56 Å². The average molecular weight is 296 g/mol. The minimum absolute atomic E-state index is 0.130. The Morgan fingerprint density at radius 1 is 1.35 bits per heavy atom. The third-order valence-corrected chi connectivity index (χ3v) is 3.09. The van der Waals surface area contributed by atoms with Crippen LogP contribution in [-0.4, -0.2) is 21.5 Å². The van der Waals surface area contributed by atoms with E-state index in [4.69, 9.17) is 5.73 Å². The van der Waals surface area contributed by atoms with Crippen molar-refractivity contribution < 1.29 is 5.11 Å². The molecule has 2 rings (SSSR count). The molecular weight excluding hydrogens is 282 g/mol. The topological polar surface area (TPSA) is 64.1 Å². The van der Waals surface area contributed by atoms with Crippen LogP contribution in [0.2, 0.25) is 0 Å². The molecule has 2 aromatic rings. The zero-order valence-corrected chi connectivity index (χ0v) is 10.8. The van der Waals surface area contributed by atoms with Crippen molar-refractivity contribution in [2.24, 2.45) is 5.73 Å². The van der Waals surface area contributed by atoms with E-state index in [1.807, 2.05) is 36.5 Å². The number of benzene rings is 1. The molecule has 17 heavy (non-hydrogen) atoms. The number of rotatable bonds is 4.